The van der Waals surface area contributed by atoms with E-state index in [0.29, 0.717) is 5.41 Å². The van der Waals surface area contributed by atoms with E-state index in [2.05, 4.69) is 52.8 Å². The van der Waals surface area contributed by atoms with Gasteiger partial charge in [0.1, 0.15) is 0 Å². The molecule has 0 aromatic rings. The Balaban J connectivity index is 2.06. The van der Waals surface area contributed by atoms with Gasteiger partial charge >= 0.3 is 0 Å². The minimum atomic E-state index is 0.567. The third-order valence-electron chi connectivity index (χ3n) is 5.51. The summed E-state index contributed by atoms with van der Waals surface area (Å²) in [6, 6.07) is 0. The Hall–Kier alpha value is -0.780. The molecule has 0 saturated heterocycles. The van der Waals surface area contributed by atoms with Gasteiger partial charge < -0.3 is 0 Å². The van der Waals surface area contributed by atoms with E-state index in [9.17, 15) is 0 Å². The van der Waals surface area contributed by atoms with Crippen LogP contribution in [0.2, 0.25) is 0 Å². The van der Waals surface area contributed by atoms with Crippen molar-refractivity contribution in [3.05, 3.63) is 34.9 Å². The SMILES string of the molecule is CC(C)=CCCC1(C)C2C=C(C)CCC=C(C)CCC21. The summed E-state index contributed by atoms with van der Waals surface area (Å²) in [5.41, 5.74) is 5.25. The van der Waals surface area contributed by atoms with Crippen molar-refractivity contribution < 1.29 is 0 Å². The van der Waals surface area contributed by atoms with Crippen molar-refractivity contribution >= 4 is 0 Å². The van der Waals surface area contributed by atoms with E-state index in [1.54, 1.807) is 11.1 Å². The average molecular weight is 272 g/mol. The minimum Gasteiger partial charge on any atom is -0.0859 e. The molecule has 2 aliphatic rings. The summed E-state index contributed by atoms with van der Waals surface area (Å²) in [6.45, 7) is 11.6. The summed E-state index contributed by atoms with van der Waals surface area (Å²) in [6.07, 6.45) is 15.3. The van der Waals surface area contributed by atoms with Crippen LogP contribution in [0.25, 0.3) is 0 Å². The maximum absolute atomic E-state index is 2.61. The topological polar surface area (TPSA) is 0 Å². The third kappa shape index (κ3) is 3.65. The molecule has 2 aliphatic carbocycles. The minimum absolute atomic E-state index is 0.567. The van der Waals surface area contributed by atoms with Crippen LogP contribution in [0.5, 0.6) is 0 Å². The molecule has 0 aromatic heterocycles. The number of fused-ring (bicyclic) bond motifs is 1. The molecule has 1 fully saturated rings. The molecule has 3 unspecified atom stereocenters. The highest BCUT2D eigenvalue weighted by Crippen LogP contribution is 2.64. The Morgan fingerprint density at radius 3 is 2.70 bits per heavy atom. The lowest BCUT2D eigenvalue weighted by atomic mass is 9.95. The summed E-state index contributed by atoms with van der Waals surface area (Å²) in [4.78, 5) is 0. The van der Waals surface area contributed by atoms with Crippen LogP contribution in [-0.4, -0.2) is 0 Å². The summed E-state index contributed by atoms with van der Waals surface area (Å²) in [7, 11) is 0. The highest BCUT2D eigenvalue weighted by Gasteiger charge is 2.57. The Labute approximate surface area is 126 Å². The highest BCUT2D eigenvalue weighted by molar-refractivity contribution is 5.21. The quantitative estimate of drug-likeness (QED) is 0.518. The number of allylic oxidation sites excluding steroid dienone is 6. The molecular weight excluding hydrogens is 240 g/mol. The van der Waals surface area contributed by atoms with E-state index in [-0.39, 0.29) is 0 Å². The van der Waals surface area contributed by atoms with Crippen LogP contribution in [0, 0.1) is 17.3 Å². The fourth-order valence-corrected chi connectivity index (χ4v) is 3.96. The first kappa shape index (κ1) is 15.6. The second kappa shape index (κ2) is 6.33. The molecule has 0 bridgehead atoms. The first-order valence-corrected chi connectivity index (χ1v) is 8.40. The molecule has 0 radical (unpaired) electrons. The molecule has 0 nitrogen and oxygen atoms in total. The zero-order valence-corrected chi connectivity index (χ0v) is 14.1. The van der Waals surface area contributed by atoms with Crippen molar-refractivity contribution in [3.8, 4) is 0 Å². The van der Waals surface area contributed by atoms with Gasteiger partial charge in [0.2, 0.25) is 0 Å². The van der Waals surface area contributed by atoms with Crippen LogP contribution >= 0.6 is 0 Å². The van der Waals surface area contributed by atoms with Crippen LogP contribution in [0.1, 0.15) is 73.1 Å². The van der Waals surface area contributed by atoms with E-state index in [1.165, 1.54) is 44.1 Å². The van der Waals surface area contributed by atoms with Crippen LogP contribution in [0.4, 0.5) is 0 Å². The number of hydrogen-bond acceptors (Lipinski definition) is 0. The van der Waals surface area contributed by atoms with E-state index in [1.807, 2.05) is 0 Å². The second-order valence-corrected chi connectivity index (χ2v) is 7.60. The molecular formula is C20H32. The first-order valence-electron chi connectivity index (χ1n) is 8.40. The van der Waals surface area contributed by atoms with Crippen LogP contribution < -0.4 is 0 Å². The van der Waals surface area contributed by atoms with E-state index >= 15 is 0 Å². The van der Waals surface area contributed by atoms with Gasteiger partial charge in [-0.3, -0.25) is 0 Å². The predicted octanol–water partition coefficient (Wildman–Crippen LogP) is 6.45. The van der Waals surface area contributed by atoms with Crippen LogP contribution in [0.15, 0.2) is 34.9 Å². The molecule has 0 amide bonds. The van der Waals surface area contributed by atoms with E-state index in [0.717, 1.165) is 11.8 Å². The van der Waals surface area contributed by atoms with Crippen molar-refractivity contribution in [1.29, 1.82) is 0 Å². The summed E-state index contributed by atoms with van der Waals surface area (Å²) in [5, 5.41) is 0. The Bertz CT molecular complexity index is 431. The van der Waals surface area contributed by atoms with Crippen LogP contribution in [-0.2, 0) is 0 Å². The smallest absolute Gasteiger partial charge is 0.0140 e. The molecule has 0 N–H and O–H groups in total. The van der Waals surface area contributed by atoms with Gasteiger partial charge in [0.25, 0.3) is 0 Å². The Morgan fingerprint density at radius 2 is 2.00 bits per heavy atom. The lowest BCUT2D eigenvalue weighted by molar-refractivity contribution is 0.443. The van der Waals surface area contributed by atoms with Crippen LogP contribution in [0.3, 0.4) is 0 Å². The molecule has 0 aromatic carbocycles. The summed E-state index contributed by atoms with van der Waals surface area (Å²) < 4.78 is 0. The Kier molecular flexibility index (Phi) is 4.94. The molecule has 0 heteroatoms. The van der Waals surface area contributed by atoms with Gasteiger partial charge in [-0.1, -0.05) is 41.9 Å². The molecule has 2 rings (SSSR count). The normalized spacial score (nSPS) is 33.6. The maximum atomic E-state index is 2.61. The fraction of sp³-hybridized carbons (Fsp3) is 0.700. The third-order valence-corrected chi connectivity index (χ3v) is 5.51. The molecule has 3 atom stereocenters. The number of rotatable bonds is 3. The number of hydrogen-bond donors (Lipinski definition) is 0. The largest absolute Gasteiger partial charge is 0.0859 e. The van der Waals surface area contributed by atoms with Gasteiger partial charge in [0.05, 0.1) is 0 Å². The van der Waals surface area contributed by atoms with Crippen molar-refractivity contribution in [1.82, 2.24) is 0 Å². The standard InChI is InChI=1S/C20H32/c1-15(2)8-7-13-20(5)18-12-11-16(3)9-6-10-17(4)14-19(18)20/h8-9,14,18-19H,6-7,10-13H2,1-5H3. The predicted molar refractivity (Wildman–Crippen MR) is 89.7 cm³/mol. The van der Waals surface area contributed by atoms with Gasteiger partial charge in [-0.2, -0.15) is 0 Å². The molecule has 0 heterocycles. The summed E-state index contributed by atoms with van der Waals surface area (Å²) in [5.74, 6) is 1.77. The molecule has 20 heavy (non-hydrogen) atoms. The average Bonchev–Trinajstić information content (AvgIpc) is 2.90. The lowest BCUT2D eigenvalue weighted by Gasteiger charge is -2.10. The maximum Gasteiger partial charge on any atom is -0.0140 e. The fourth-order valence-electron chi connectivity index (χ4n) is 3.96. The van der Waals surface area contributed by atoms with E-state index in [4.69, 9.17) is 0 Å². The van der Waals surface area contributed by atoms with Gasteiger partial charge in [-0.25, -0.2) is 0 Å². The van der Waals surface area contributed by atoms with Gasteiger partial charge in [-0.05, 0) is 83.5 Å². The molecule has 0 spiro atoms. The zero-order chi connectivity index (χ0) is 14.8. The van der Waals surface area contributed by atoms with Crippen molar-refractivity contribution in [3.63, 3.8) is 0 Å². The van der Waals surface area contributed by atoms with Crippen molar-refractivity contribution in [2.75, 3.05) is 0 Å². The second-order valence-electron chi connectivity index (χ2n) is 7.60. The van der Waals surface area contributed by atoms with E-state index < -0.39 is 0 Å². The summed E-state index contributed by atoms with van der Waals surface area (Å²) >= 11 is 0. The van der Waals surface area contributed by atoms with Crippen molar-refractivity contribution in [2.24, 2.45) is 17.3 Å². The van der Waals surface area contributed by atoms with Gasteiger partial charge in [-0.15, -0.1) is 0 Å². The molecule has 112 valence electrons. The monoisotopic (exact) mass is 272 g/mol. The Morgan fingerprint density at radius 1 is 1.25 bits per heavy atom. The highest BCUT2D eigenvalue weighted by atomic mass is 14.6. The molecule has 0 aliphatic heterocycles. The van der Waals surface area contributed by atoms with Gasteiger partial charge in [0.15, 0.2) is 0 Å². The lowest BCUT2D eigenvalue weighted by Crippen LogP contribution is -1.99. The first-order chi connectivity index (χ1) is 9.43. The molecule has 1 saturated carbocycles. The zero-order valence-electron chi connectivity index (χ0n) is 14.1. The van der Waals surface area contributed by atoms with Crippen molar-refractivity contribution in [2.45, 2.75) is 73.1 Å². The van der Waals surface area contributed by atoms with Gasteiger partial charge in [0, 0.05) is 0 Å².